The van der Waals surface area contributed by atoms with E-state index in [-0.39, 0.29) is 5.78 Å². The van der Waals surface area contributed by atoms with Crippen molar-refractivity contribution in [1.29, 1.82) is 0 Å². The number of carbonyl (C=O) groups is 1. The third-order valence-corrected chi connectivity index (χ3v) is 1.74. The van der Waals surface area contributed by atoms with Crippen molar-refractivity contribution < 1.29 is 9.53 Å². The highest BCUT2D eigenvalue weighted by molar-refractivity contribution is 6.04. The van der Waals surface area contributed by atoms with Crippen LogP contribution in [-0.4, -0.2) is 12.9 Å². The Bertz CT molecular complexity index is 364. The maximum absolute atomic E-state index is 11.5. The molecule has 0 aliphatic heterocycles. The molecule has 0 bridgehead atoms. The summed E-state index contributed by atoms with van der Waals surface area (Å²) in [5.41, 5.74) is 0.613. The second-order valence-corrected chi connectivity index (χ2v) is 2.69. The summed E-state index contributed by atoms with van der Waals surface area (Å²) in [7, 11) is 1.57. The zero-order chi connectivity index (χ0) is 10.4. The molecule has 0 atom stereocenters. The van der Waals surface area contributed by atoms with Gasteiger partial charge in [0.25, 0.3) is 0 Å². The first-order valence-electron chi connectivity index (χ1n) is 4.25. The molecule has 1 aromatic rings. The summed E-state index contributed by atoms with van der Waals surface area (Å²) >= 11 is 0. The van der Waals surface area contributed by atoms with Crippen molar-refractivity contribution in [2.24, 2.45) is 0 Å². The maximum Gasteiger partial charge on any atom is 0.185 e. The quantitative estimate of drug-likeness (QED) is 0.412. The van der Waals surface area contributed by atoms with Gasteiger partial charge in [-0.2, -0.15) is 0 Å². The molecule has 1 rings (SSSR count). The Hall–Kier alpha value is -1.83. The van der Waals surface area contributed by atoms with E-state index in [0.717, 1.165) is 0 Å². The summed E-state index contributed by atoms with van der Waals surface area (Å²) in [6.07, 6.45) is 4.65. The largest absolute Gasteiger partial charge is 0.497 e. The minimum absolute atomic E-state index is 0.0520. The first-order chi connectivity index (χ1) is 6.77. The maximum atomic E-state index is 11.5. The first-order valence-corrected chi connectivity index (χ1v) is 4.25. The van der Waals surface area contributed by atoms with Gasteiger partial charge in [-0.25, -0.2) is 0 Å². The monoisotopic (exact) mass is 188 g/mol. The summed E-state index contributed by atoms with van der Waals surface area (Å²) in [5, 5.41) is 0. The summed E-state index contributed by atoms with van der Waals surface area (Å²) in [4.78, 5) is 11.5. The molecular formula is C12H12O2. The van der Waals surface area contributed by atoms with Gasteiger partial charge in [0.1, 0.15) is 5.75 Å². The number of hydrogen-bond donors (Lipinski definition) is 0. The Labute approximate surface area is 83.5 Å². The zero-order valence-electron chi connectivity index (χ0n) is 8.07. The number of methoxy groups -OCH3 is 1. The molecule has 0 radical (unpaired) electrons. The number of carbonyl (C=O) groups excluding carboxylic acids is 1. The van der Waals surface area contributed by atoms with Gasteiger partial charge in [0.2, 0.25) is 0 Å². The summed E-state index contributed by atoms with van der Waals surface area (Å²) < 4.78 is 5.01. The van der Waals surface area contributed by atoms with Gasteiger partial charge in [0, 0.05) is 5.56 Å². The van der Waals surface area contributed by atoms with Crippen LogP contribution in [0.15, 0.2) is 49.1 Å². The molecule has 0 unspecified atom stereocenters. The lowest BCUT2D eigenvalue weighted by Gasteiger charge is -2.00. The lowest BCUT2D eigenvalue weighted by molar-refractivity contribution is 0.104. The van der Waals surface area contributed by atoms with Gasteiger partial charge < -0.3 is 4.74 Å². The van der Waals surface area contributed by atoms with Crippen LogP contribution < -0.4 is 4.74 Å². The van der Waals surface area contributed by atoms with Crippen LogP contribution in [0.5, 0.6) is 5.75 Å². The summed E-state index contributed by atoms with van der Waals surface area (Å²) in [6.45, 7) is 3.50. The molecule has 0 heterocycles. The van der Waals surface area contributed by atoms with E-state index < -0.39 is 0 Å². The molecule has 0 saturated carbocycles. The number of ketones is 1. The van der Waals surface area contributed by atoms with E-state index in [2.05, 4.69) is 6.58 Å². The summed E-state index contributed by atoms with van der Waals surface area (Å²) in [5.74, 6) is 0.631. The Morgan fingerprint density at radius 1 is 1.50 bits per heavy atom. The van der Waals surface area contributed by atoms with Crippen LogP contribution in [0.1, 0.15) is 10.4 Å². The van der Waals surface area contributed by atoms with Crippen LogP contribution in [0, 0.1) is 0 Å². The molecule has 0 aliphatic carbocycles. The topological polar surface area (TPSA) is 26.3 Å². The molecule has 0 fully saturated rings. The van der Waals surface area contributed by atoms with Crippen molar-refractivity contribution in [3.63, 3.8) is 0 Å². The molecule has 0 saturated heterocycles. The van der Waals surface area contributed by atoms with Crippen LogP contribution in [0.3, 0.4) is 0 Å². The number of ether oxygens (including phenoxy) is 1. The van der Waals surface area contributed by atoms with Crippen molar-refractivity contribution in [2.45, 2.75) is 0 Å². The molecule has 2 nitrogen and oxygen atoms in total. The van der Waals surface area contributed by atoms with Crippen molar-refractivity contribution in [3.05, 3.63) is 54.6 Å². The molecule has 0 spiro atoms. The lowest BCUT2D eigenvalue weighted by atomic mass is 10.1. The van der Waals surface area contributed by atoms with Gasteiger partial charge in [-0.3, -0.25) is 4.79 Å². The number of hydrogen-bond acceptors (Lipinski definition) is 2. The van der Waals surface area contributed by atoms with Crippen LogP contribution in [0.25, 0.3) is 0 Å². The fraction of sp³-hybridized carbons (Fsp3) is 0.0833. The molecule has 72 valence electrons. The highest BCUT2D eigenvalue weighted by Crippen LogP contribution is 2.13. The first kappa shape index (κ1) is 10.3. The second kappa shape index (κ2) is 5.02. The van der Waals surface area contributed by atoms with Crippen molar-refractivity contribution in [3.8, 4) is 5.75 Å². The van der Waals surface area contributed by atoms with E-state index in [9.17, 15) is 4.79 Å². The predicted octanol–water partition coefficient (Wildman–Crippen LogP) is 2.62. The Balaban J connectivity index is 2.89. The van der Waals surface area contributed by atoms with Crippen molar-refractivity contribution >= 4 is 5.78 Å². The zero-order valence-corrected chi connectivity index (χ0v) is 8.07. The number of allylic oxidation sites excluding steroid dienone is 3. The normalized spacial score (nSPS) is 10.1. The van der Waals surface area contributed by atoms with Gasteiger partial charge in [-0.15, -0.1) is 0 Å². The van der Waals surface area contributed by atoms with E-state index in [1.54, 1.807) is 43.5 Å². The average Bonchev–Trinajstić information content (AvgIpc) is 2.26. The second-order valence-electron chi connectivity index (χ2n) is 2.69. The SMILES string of the molecule is C=C/C=C/C(=O)c1cccc(OC)c1. The highest BCUT2D eigenvalue weighted by atomic mass is 16.5. The third-order valence-electron chi connectivity index (χ3n) is 1.74. The smallest absolute Gasteiger partial charge is 0.185 e. The van der Waals surface area contributed by atoms with Crippen molar-refractivity contribution in [2.75, 3.05) is 7.11 Å². The molecule has 0 amide bonds. The van der Waals surface area contributed by atoms with Gasteiger partial charge in [0.05, 0.1) is 7.11 Å². The minimum Gasteiger partial charge on any atom is -0.497 e. The van der Waals surface area contributed by atoms with Crippen molar-refractivity contribution in [1.82, 2.24) is 0 Å². The molecular weight excluding hydrogens is 176 g/mol. The minimum atomic E-state index is -0.0520. The molecule has 0 aliphatic rings. The number of rotatable bonds is 4. The molecule has 14 heavy (non-hydrogen) atoms. The van der Waals surface area contributed by atoms with Crippen LogP contribution in [0.4, 0.5) is 0 Å². The fourth-order valence-corrected chi connectivity index (χ4v) is 1.03. The van der Waals surface area contributed by atoms with E-state index in [0.29, 0.717) is 11.3 Å². The highest BCUT2D eigenvalue weighted by Gasteiger charge is 2.01. The van der Waals surface area contributed by atoms with Gasteiger partial charge in [-0.05, 0) is 18.2 Å². The number of benzene rings is 1. The standard InChI is InChI=1S/C12H12O2/c1-3-4-8-12(13)10-6-5-7-11(9-10)14-2/h3-9H,1H2,2H3/b8-4+. The van der Waals surface area contributed by atoms with E-state index >= 15 is 0 Å². The van der Waals surface area contributed by atoms with E-state index in [4.69, 9.17) is 4.74 Å². The molecule has 0 aromatic heterocycles. The van der Waals surface area contributed by atoms with Gasteiger partial charge in [0.15, 0.2) is 5.78 Å². The Morgan fingerprint density at radius 2 is 2.29 bits per heavy atom. The predicted molar refractivity (Wildman–Crippen MR) is 56.7 cm³/mol. The van der Waals surface area contributed by atoms with Crippen LogP contribution >= 0.6 is 0 Å². The fourth-order valence-electron chi connectivity index (χ4n) is 1.03. The summed E-state index contributed by atoms with van der Waals surface area (Å²) in [6, 6.07) is 7.04. The van der Waals surface area contributed by atoms with E-state index in [1.807, 2.05) is 0 Å². The van der Waals surface area contributed by atoms with Gasteiger partial charge in [-0.1, -0.05) is 30.9 Å². The lowest BCUT2D eigenvalue weighted by Crippen LogP contribution is -1.94. The van der Waals surface area contributed by atoms with Gasteiger partial charge >= 0.3 is 0 Å². The van der Waals surface area contributed by atoms with E-state index in [1.165, 1.54) is 6.08 Å². The average molecular weight is 188 g/mol. The molecule has 2 heteroatoms. The Morgan fingerprint density at radius 3 is 2.93 bits per heavy atom. The molecule has 1 aromatic carbocycles. The van der Waals surface area contributed by atoms with Crippen LogP contribution in [-0.2, 0) is 0 Å². The third kappa shape index (κ3) is 2.59. The van der Waals surface area contributed by atoms with Crippen LogP contribution in [0.2, 0.25) is 0 Å². The Kier molecular flexibility index (Phi) is 3.68. The molecule has 0 N–H and O–H groups in total.